The van der Waals surface area contributed by atoms with Crippen LogP contribution in [0.15, 0.2) is 33.3 Å². The van der Waals surface area contributed by atoms with E-state index >= 15 is 0 Å². The Morgan fingerprint density at radius 3 is 2.67 bits per heavy atom. The molecule has 1 atom stereocenters. The Kier molecular flexibility index (Phi) is 6.02. The molecular formula is C16H21Br2N3. The van der Waals surface area contributed by atoms with Gasteiger partial charge in [0, 0.05) is 11.0 Å². The molecule has 0 spiro atoms. The zero-order chi connectivity index (χ0) is 15.4. The molecule has 2 aromatic rings. The van der Waals surface area contributed by atoms with Gasteiger partial charge in [0.1, 0.15) is 0 Å². The molecule has 0 saturated heterocycles. The molecule has 5 heteroatoms. The average Bonchev–Trinajstić information content (AvgIpc) is 2.82. The van der Waals surface area contributed by atoms with Crippen LogP contribution in [0.25, 0.3) is 0 Å². The third-order valence-electron chi connectivity index (χ3n) is 3.55. The third kappa shape index (κ3) is 3.76. The first-order chi connectivity index (χ1) is 10.1. The second-order valence-corrected chi connectivity index (χ2v) is 6.85. The number of halogens is 2. The lowest BCUT2D eigenvalue weighted by molar-refractivity contribution is 0.527. The molecular weight excluding hydrogens is 394 g/mol. The average molecular weight is 415 g/mol. The van der Waals surface area contributed by atoms with Gasteiger partial charge >= 0.3 is 0 Å². The van der Waals surface area contributed by atoms with E-state index in [1.165, 1.54) is 16.8 Å². The van der Waals surface area contributed by atoms with E-state index in [1.54, 1.807) is 0 Å². The fourth-order valence-electron chi connectivity index (χ4n) is 2.52. The summed E-state index contributed by atoms with van der Waals surface area (Å²) >= 11 is 7.20. The molecule has 21 heavy (non-hydrogen) atoms. The maximum Gasteiger partial charge on any atom is 0.0762 e. The Hall–Kier alpha value is -0.650. The van der Waals surface area contributed by atoms with Gasteiger partial charge in [-0.15, -0.1) is 0 Å². The van der Waals surface area contributed by atoms with E-state index < -0.39 is 0 Å². The lowest BCUT2D eigenvalue weighted by atomic mass is 9.98. The number of nitrogens with zero attached hydrogens (tertiary/aromatic N) is 2. The Morgan fingerprint density at radius 2 is 2.05 bits per heavy atom. The van der Waals surface area contributed by atoms with Crippen molar-refractivity contribution in [1.29, 1.82) is 0 Å². The second kappa shape index (κ2) is 7.56. The van der Waals surface area contributed by atoms with Crippen LogP contribution in [0.2, 0.25) is 0 Å². The van der Waals surface area contributed by atoms with Gasteiger partial charge in [-0.3, -0.25) is 4.68 Å². The number of nitrogens with one attached hydrogen (secondary N) is 1. The number of hydrogen-bond donors (Lipinski definition) is 1. The minimum atomic E-state index is 0.148. The molecule has 0 bridgehead atoms. The van der Waals surface area contributed by atoms with E-state index in [0.717, 1.165) is 28.5 Å². The number of aromatic nitrogens is 2. The summed E-state index contributed by atoms with van der Waals surface area (Å²) in [6.45, 7) is 8.29. The van der Waals surface area contributed by atoms with Crippen LogP contribution in [-0.2, 0) is 6.54 Å². The van der Waals surface area contributed by atoms with Crippen molar-refractivity contribution in [2.24, 2.45) is 0 Å². The van der Waals surface area contributed by atoms with Crippen LogP contribution >= 0.6 is 31.9 Å². The summed E-state index contributed by atoms with van der Waals surface area (Å²) in [6.07, 6.45) is 2.98. The smallest absolute Gasteiger partial charge is 0.0762 e. The molecule has 3 nitrogen and oxygen atoms in total. The molecule has 114 valence electrons. The molecule has 0 aliphatic carbocycles. The van der Waals surface area contributed by atoms with E-state index in [9.17, 15) is 0 Å². The maximum atomic E-state index is 4.46. The molecule has 1 N–H and O–H groups in total. The van der Waals surface area contributed by atoms with Crippen LogP contribution in [0, 0.1) is 6.92 Å². The van der Waals surface area contributed by atoms with Crippen molar-refractivity contribution >= 4 is 31.9 Å². The summed E-state index contributed by atoms with van der Waals surface area (Å²) in [5.41, 5.74) is 3.76. The first-order valence-electron chi connectivity index (χ1n) is 7.29. The van der Waals surface area contributed by atoms with Crippen molar-refractivity contribution < 1.29 is 0 Å². The van der Waals surface area contributed by atoms with Gasteiger partial charge in [0.25, 0.3) is 0 Å². The fraction of sp³-hybridized carbons (Fsp3) is 0.438. The Morgan fingerprint density at radius 1 is 1.29 bits per heavy atom. The van der Waals surface area contributed by atoms with Crippen LogP contribution in [0.4, 0.5) is 0 Å². The van der Waals surface area contributed by atoms with E-state index in [1.807, 2.05) is 6.20 Å². The summed E-state index contributed by atoms with van der Waals surface area (Å²) in [7, 11) is 0. The quantitative estimate of drug-likeness (QED) is 0.733. The summed E-state index contributed by atoms with van der Waals surface area (Å²) in [5.74, 6) is 0. The molecule has 2 rings (SSSR count). The van der Waals surface area contributed by atoms with E-state index in [4.69, 9.17) is 0 Å². The highest BCUT2D eigenvalue weighted by Gasteiger charge is 2.22. The van der Waals surface area contributed by atoms with Gasteiger partial charge in [-0.25, -0.2) is 0 Å². The van der Waals surface area contributed by atoms with Crippen molar-refractivity contribution in [3.63, 3.8) is 0 Å². The topological polar surface area (TPSA) is 29.9 Å². The Bertz CT molecular complexity index is 608. The normalized spacial score (nSPS) is 12.6. The van der Waals surface area contributed by atoms with Crippen molar-refractivity contribution in [2.75, 3.05) is 6.54 Å². The predicted molar refractivity (Wildman–Crippen MR) is 94.6 cm³/mol. The largest absolute Gasteiger partial charge is 0.305 e. The number of hydrogen-bond acceptors (Lipinski definition) is 2. The summed E-state index contributed by atoms with van der Waals surface area (Å²) < 4.78 is 4.22. The first-order valence-corrected chi connectivity index (χ1v) is 8.87. The predicted octanol–water partition coefficient (Wildman–Crippen LogP) is 4.83. The van der Waals surface area contributed by atoms with E-state index in [-0.39, 0.29) is 6.04 Å². The van der Waals surface area contributed by atoms with Crippen molar-refractivity contribution in [3.8, 4) is 0 Å². The first kappa shape index (κ1) is 16.7. The highest BCUT2D eigenvalue weighted by molar-refractivity contribution is 9.10. The molecule has 0 saturated carbocycles. The van der Waals surface area contributed by atoms with Crippen molar-refractivity contribution in [2.45, 2.75) is 39.8 Å². The summed E-state index contributed by atoms with van der Waals surface area (Å²) in [6, 6.07) is 6.60. The minimum absolute atomic E-state index is 0.148. The monoisotopic (exact) mass is 413 g/mol. The van der Waals surface area contributed by atoms with Crippen LogP contribution in [-0.4, -0.2) is 16.3 Å². The summed E-state index contributed by atoms with van der Waals surface area (Å²) in [5, 5.41) is 8.11. The number of rotatable bonds is 6. The molecule has 1 heterocycles. The van der Waals surface area contributed by atoms with Gasteiger partial charge in [-0.2, -0.15) is 5.10 Å². The van der Waals surface area contributed by atoms with Crippen LogP contribution in [0.3, 0.4) is 0 Å². The zero-order valence-corrected chi connectivity index (χ0v) is 15.8. The molecule has 0 aliphatic rings. The van der Waals surface area contributed by atoms with Gasteiger partial charge in [-0.05, 0) is 66.0 Å². The maximum absolute atomic E-state index is 4.46. The van der Waals surface area contributed by atoms with Crippen LogP contribution in [0.5, 0.6) is 0 Å². The summed E-state index contributed by atoms with van der Waals surface area (Å²) in [4.78, 5) is 0. The second-order valence-electron chi connectivity index (χ2n) is 5.08. The van der Waals surface area contributed by atoms with Crippen LogP contribution in [0.1, 0.15) is 43.1 Å². The van der Waals surface area contributed by atoms with Gasteiger partial charge < -0.3 is 5.32 Å². The standard InChI is InChI=1S/C16H21Br2N3/c1-4-8-19-15(13-7-6-12(17)9-11(13)3)16-14(18)10-20-21(16)5-2/h6-7,9-10,15,19H,4-5,8H2,1-3H3. The van der Waals surface area contributed by atoms with Gasteiger partial charge in [-0.1, -0.05) is 28.9 Å². The molecule has 0 fully saturated rings. The molecule has 1 aromatic heterocycles. The molecule has 0 radical (unpaired) electrons. The molecule has 1 aromatic carbocycles. The van der Waals surface area contributed by atoms with Crippen molar-refractivity contribution in [1.82, 2.24) is 15.1 Å². The Labute approximate surface area is 143 Å². The molecule has 1 unspecified atom stereocenters. The minimum Gasteiger partial charge on any atom is -0.305 e. The van der Waals surface area contributed by atoms with Crippen LogP contribution < -0.4 is 5.32 Å². The SMILES string of the molecule is CCCNC(c1ccc(Br)cc1C)c1c(Br)cnn1CC. The molecule has 0 aliphatic heterocycles. The van der Waals surface area contributed by atoms with Gasteiger partial charge in [0.2, 0.25) is 0 Å². The Balaban J connectivity index is 2.49. The lowest BCUT2D eigenvalue weighted by Crippen LogP contribution is -2.26. The number of benzene rings is 1. The lowest BCUT2D eigenvalue weighted by Gasteiger charge is -2.23. The van der Waals surface area contributed by atoms with Crippen molar-refractivity contribution in [3.05, 3.63) is 50.2 Å². The third-order valence-corrected chi connectivity index (χ3v) is 4.65. The van der Waals surface area contributed by atoms with E-state index in [2.05, 4.69) is 85.9 Å². The number of aryl methyl sites for hydroxylation is 2. The van der Waals surface area contributed by atoms with E-state index in [0.29, 0.717) is 0 Å². The highest BCUT2D eigenvalue weighted by atomic mass is 79.9. The van der Waals surface area contributed by atoms with Gasteiger partial charge in [0.05, 0.1) is 22.4 Å². The fourth-order valence-corrected chi connectivity index (χ4v) is 3.52. The van der Waals surface area contributed by atoms with Gasteiger partial charge in [0.15, 0.2) is 0 Å². The highest BCUT2D eigenvalue weighted by Crippen LogP contribution is 2.31. The molecule has 0 amide bonds. The zero-order valence-electron chi connectivity index (χ0n) is 12.7.